The number of carbonyl (C=O) groups excluding carboxylic acids is 3. The van der Waals surface area contributed by atoms with Crippen LogP contribution in [0.25, 0.3) is 0 Å². The standard InChI is InChI=1S/C27H35N3O3/c1-5-6-12-20(25(32)29-19-13-8-10-17-9-7-11-18(17)19)30-26(33)24-16(2)23-21(28-24)14-27(3,4)15-22(23)31/h8,10,13,20,28H,5-7,9,11-12,14-15H2,1-4H3,(H,29,32)(H,30,33). The van der Waals surface area contributed by atoms with Crippen molar-refractivity contribution in [3.8, 4) is 0 Å². The van der Waals surface area contributed by atoms with Crippen LogP contribution in [0.1, 0.15) is 96.1 Å². The average molecular weight is 450 g/mol. The van der Waals surface area contributed by atoms with Gasteiger partial charge < -0.3 is 15.6 Å². The summed E-state index contributed by atoms with van der Waals surface area (Å²) in [4.78, 5) is 42.4. The van der Waals surface area contributed by atoms with Crippen LogP contribution >= 0.6 is 0 Å². The number of anilines is 1. The Hall–Kier alpha value is -2.89. The maximum absolute atomic E-state index is 13.2. The first-order valence-corrected chi connectivity index (χ1v) is 12.2. The highest BCUT2D eigenvalue weighted by molar-refractivity contribution is 6.06. The molecule has 1 atom stereocenters. The molecule has 2 aromatic rings. The number of Topliss-reactive ketones (excluding diaryl/α,β-unsaturated/α-hetero) is 1. The summed E-state index contributed by atoms with van der Waals surface area (Å²) in [5.74, 6) is -0.447. The first kappa shape index (κ1) is 23.3. The first-order valence-electron chi connectivity index (χ1n) is 12.2. The molecular weight excluding hydrogens is 414 g/mol. The van der Waals surface area contributed by atoms with Gasteiger partial charge in [-0.1, -0.05) is 45.7 Å². The van der Waals surface area contributed by atoms with Crippen LogP contribution in [0.4, 0.5) is 5.69 Å². The van der Waals surface area contributed by atoms with Crippen molar-refractivity contribution < 1.29 is 14.4 Å². The summed E-state index contributed by atoms with van der Waals surface area (Å²) in [7, 11) is 0. The highest BCUT2D eigenvalue weighted by Gasteiger charge is 2.35. The van der Waals surface area contributed by atoms with Gasteiger partial charge in [-0.25, -0.2) is 0 Å². The van der Waals surface area contributed by atoms with Gasteiger partial charge in [0.25, 0.3) is 5.91 Å². The highest BCUT2D eigenvalue weighted by Crippen LogP contribution is 2.36. The van der Waals surface area contributed by atoms with Crippen LogP contribution in [0.5, 0.6) is 0 Å². The summed E-state index contributed by atoms with van der Waals surface area (Å²) in [6.45, 7) is 8.01. The molecule has 6 nitrogen and oxygen atoms in total. The number of fused-ring (bicyclic) bond motifs is 2. The number of nitrogens with one attached hydrogen (secondary N) is 3. The number of ketones is 1. The van der Waals surface area contributed by atoms with Crippen LogP contribution in [-0.2, 0) is 24.1 Å². The number of H-pyrrole nitrogens is 1. The van der Waals surface area contributed by atoms with E-state index in [1.165, 1.54) is 11.1 Å². The minimum absolute atomic E-state index is 0.0762. The van der Waals surface area contributed by atoms with E-state index in [2.05, 4.69) is 42.5 Å². The number of hydrogen-bond donors (Lipinski definition) is 3. The molecular formula is C27H35N3O3. The molecule has 4 rings (SSSR count). The Balaban J connectivity index is 1.53. The van der Waals surface area contributed by atoms with Crippen molar-refractivity contribution in [2.75, 3.05) is 5.32 Å². The molecule has 0 radical (unpaired) electrons. The molecule has 1 unspecified atom stereocenters. The monoisotopic (exact) mass is 449 g/mol. The molecule has 3 N–H and O–H groups in total. The van der Waals surface area contributed by atoms with Crippen LogP contribution in [0, 0.1) is 12.3 Å². The third kappa shape index (κ3) is 4.75. The number of hydrogen-bond acceptors (Lipinski definition) is 3. The Morgan fingerprint density at radius 1 is 1.18 bits per heavy atom. The predicted octanol–water partition coefficient (Wildman–Crippen LogP) is 4.89. The first-order chi connectivity index (χ1) is 15.7. The number of unbranched alkanes of at least 4 members (excludes halogenated alkanes) is 1. The summed E-state index contributed by atoms with van der Waals surface area (Å²) >= 11 is 0. The lowest BCUT2D eigenvalue weighted by atomic mass is 9.75. The van der Waals surface area contributed by atoms with Gasteiger partial charge in [-0.3, -0.25) is 14.4 Å². The third-order valence-electron chi connectivity index (χ3n) is 7.00. The molecule has 33 heavy (non-hydrogen) atoms. The Morgan fingerprint density at radius 2 is 1.97 bits per heavy atom. The Morgan fingerprint density at radius 3 is 2.73 bits per heavy atom. The van der Waals surface area contributed by atoms with Gasteiger partial charge in [-0.15, -0.1) is 0 Å². The SMILES string of the molecule is CCCCC(NC(=O)c1[nH]c2c(c1C)C(=O)CC(C)(C)C2)C(=O)Nc1cccc2c1CCC2. The largest absolute Gasteiger partial charge is 0.354 e. The van der Waals surface area contributed by atoms with E-state index in [-0.39, 0.29) is 23.0 Å². The Kier molecular flexibility index (Phi) is 6.46. The number of benzene rings is 1. The summed E-state index contributed by atoms with van der Waals surface area (Å²) in [5.41, 5.74) is 5.77. The molecule has 0 spiro atoms. The zero-order valence-electron chi connectivity index (χ0n) is 20.2. The van der Waals surface area contributed by atoms with E-state index in [1.54, 1.807) is 0 Å². The maximum atomic E-state index is 13.2. The third-order valence-corrected chi connectivity index (χ3v) is 7.00. The Bertz CT molecular complexity index is 1100. The normalized spacial score (nSPS) is 17.3. The van der Waals surface area contributed by atoms with Crippen molar-refractivity contribution in [2.24, 2.45) is 5.41 Å². The maximum Gasteiger partial charge on any atom is 0.268 e. The number of amides is 2. The van der Waals surface area contributed by atoms with Gasteiger partial charge in [-0.05, 0) is 67.2 Å². The minimum atomic E-state index is -0.637. The molecule has 0 bridgehead atoms. The van der Waals surface area contributed by atoms with Crippen LogP contribution in [0.15, 0.2) is 18.2 Å². The molecule has 2 aliphatic rings. The van der Waals surface area contributed by atoms with Crippen molar-refractivity contribution in [3.05, 3.63) is 51.8 Å². The van der Waals surface area contributed by atoms with E-state index >= 15 is 0 Å². The number of carbonyl (C=O) groups is 3. The van der Waals surface area contributed by atoms with Gasteiger partial charge in [0.15, 0.2) is 5.78 Å². The van der Waals surface area contributed by atoms with Gasteiger partial charge in [0.1, 0.15) is 11.7 Å². The second kappa shape index (κ2) is 9.16. The van der Waals surface area contributed by atoms with Crippen molar-refractivity contribution in [1.29, 1.82) is 0 Å². The minimum Gasteiger partial charge on any atom is -0.354 e. The average Bonchev–Trinajstić information content (AvgIpc) is 3.35. The molecule has 176 valence electrons. The molecule has 2 amide bonds. The highest BCUT2D eigenvalue weighted by atomic mass is 16.2. The number of aromatic nitrogens is 1. The fourth-order valence-corrected chi connectivity index (χ4v) is 5.32. The zero-order valence-corrected chi connectivity index (χ0v) is 20.2. The van der Waals surface area contributed by atoms with Crippen molar-refractivity contribution in [1.82, 2.24) is 10.3 Å². The smallest absolute Gasteiger partial charge is 0.268 e. The molecule has 1 heterocycles. The van der Waals surface area contributed by atoms with E-state index in [0.29, 0.717) is 29.7 Å². The molecule has 1 aromatic heterocycles. The lowest BCUT2D eigenvalue weighted by Gasteiger charge is -2.28. The fourth-order valence-electron chi connectivity index (χ4n) is 5.32. The number of rotatable bonds is 7. The van der Waals surface area contributed by atoms with Crippen molar-refractivity contribution >= 4 is 23.3 Å². The molecule has 0 fully saturated rings. The second-order valence-electron chi connectivity index (χ2n) is 10.4. The van der Waals surface area contributed by atoms with E-state index in [0.717, 1.165) is 49.9 Å². The summed E-state index contributed by atoms with van der Waals surface area (Å²) in [6, 6.07) is 5.40. The topological polar surface area (TPSA) is 91.1 Å². The molecule has 6 heteroatoms. The molecule has 1 aromatic carbocycles. The van der Waals surface area contributed by atoms with E-state index < -0.39 is 6.04 Å². The second-order valence-corrected chi connectivity index (χ2v) is 10.4. The number of aromatic amines is 1. The van der Waals surface area contributed by atoms with E-state index in [4.69, 9.17) is 0 Å². The van der Waals surface area contributed by atoms with Gasteiger partial charge in [0, 0.05) is 23.4 Å². The lowest BCUT2D eigenvalue weighted by Crippen LogP contribution is -2.44. The quantitative estimate of drug-likeness (QED) is 0.562. The van der Waals surface area contributed by atoms with Crippen LogP contribution in [-0.4, -0.2) is 28.6 Å². The Labute approximate surface area is 195 Å². The fraction of sp³-hybridized carbons (Fsp3) is 0.519. The van der Waals surface area contributed by atoms with Gasteiger partial charge in [-0.2, -0.15) is 0 Å². The predicted molar refractivity (Wildman–Crippen MR) is 130 cm³/mol. The number of aryl methyl sites for hydroxylation is 1. The summed E-state index contributed by atoms with van der Waals surface area (Å²) in [6.07, 6.45) is 6.64. The molecule has 0 saturated heterocycles. The molecule has 2 aliphatic carbocycles. The summed E-state index contributed by atoms with van der Waals surface area (Å²) < 4.78 is 0. The van der Waals surface area contributed by atoms with E-state index in [9.17, 15) is 14.4 Å². The van der Waals surface area contributed by atoms with Gasteiger partial charge in [0.05, 0.1) is 0 Å². The van der Waals surface area contributed by atoms with Crippen molar-refractivity contribution in [2.45, 2.75) is 85.1 Å². The lowest BCUT2D eigenvalue weighted by molar-refractivity contribution is -0.118. The van der Waals surface area contributed by atoms with E-state index in [1.807, 2.05) is 19.1 Å². The molecule has 0 aliphatic heterocycles. The van der Waals surface area contributed by atoms with Crippen LogP contribution in [0.3, 0.4) is 0 Å². The molecule has 0 saturated carbocycles. The van der Waals surface area contributed by atoms with Gasteiger partial charge in [0.2, 0.25) is 5.91 Å². The zero-order chi connectivity index (χ0) is 23.8. The van der Waals surface area contributed by atoms with Gasteiger partial charge >= 0.3 is 0 Å². The van der Waals surface area contributed by atoms with Crippen LogP contribution < -0.4 is 10.6 Å². The summed E-state index contributed by atoms with van der Waals surface area (Å²) in [5, 5.41) is 6.02. The van der Waals surface area contributed by atoms with Crippen LogP contribution in [0.2, 0.25) is 0 Å². The van der Waals surface area contributed by atoms with Crippen molar-refractivity contribution in [3.63, 3.8) is 0 Å².